The van der Waals surface area contributed by atoms with Crippen LogP contribution in [0.15, 0.2) is 36.7 Å². The van der Waals surface area contributed by atoms with Crippen LogP contribution in [0.5, 0.6) is 28.7 Å². The van der Waals surface area contributed by atoms with Gasteiger partial charge in [0, 0.05) is 30.0 Å². The molecule has 0 saturated carbocycles. The van der Waals surface area contributed by atoms with Gasteiger partial charge in [-0.25, -0.2) is 4.68 Å². The normalized spacial score (nSPS) is 11.4. The van der Waals surface area contributed by atoms with Crippen molar-refractivity contribution in [2.45, 2.75) is 46.6 Å². The van der Waals surface area contributed by atoms with Crippen molar-refractivity contribution < 1.29 is 23.7 Å². The summed E-state index contributed by atoms with van der Waals surface area (Å²) >= 11 is 0. The number of aryl methyl sites for hydroxylation is 1. The summed E-state index contributed by atoms with van der Waals surface area (Å²) in [6.45, 7) is 9.98. The molecule has 0 bridgehead atoms. The molecule has 1 N–H and O–H groups in total. The molecule has 10 heteroatoms. The first kappa shape index (κ1) is 26.7. The van der Waals surface area contributed by atoms with Gasteiger partial charge in [0.15, 0.2) is 0 Å². The standard InChI is InChI=1S/C28H33N5O5/c1-16-17(2)32-33(28(3,4)5)27(16)31-25(34)14-20-23(36-7)13-19(15-30-20)38-22-9-10-29-21-11-18(35-6)12-24(37-8)26(21)22/h9-13,15H,14H2,1-8H3,(H,31,34). The van der Waals surface area contributed by atoms with Crippen LogP contribution in [0.1, 0.15) is 37.7 Å². The van der Waals surface area contributed by atoms with Crippen LogP contribution in [0.3, 0.4) is 0 Å². The number of hydrogen-bond acceptors (Lipinski definition) is 8. The number of benzene rings is 1. The van der Waals surface area contributed by atoms with E-state index in [1.54, 1.807) is 50.9 Å². The molecular formula is C28H33N5O5. The molecule has 0 unspecified atom stereocenters. The van der Waals surface area contributed by atoms with Crippen LogP contribution in [0.4, 0.5) is 5.82 Å². The van der Waals surface area contributed by atoms with E-state index in [1.807, 2.05) is 39.3 Å². The number of nitrogens with zero attached hydrogens (tertiary/aromatic N) is 4. The SMILES string of the molecule is COc1cc(OC)c2c(Oc3cnc(CC(=O)Nc4c(C)c(C)nn4C(C)(C)C)c(OC)c3)ccnc2c1. The van der Waals surface area contributed by atoms with Crippen LogP contribution in [-0.2, 0) is 16.8 Å². The number of nitrogens with one attached hydrogen (secondary N) is 1. The van der Waals surface area contributed by atoms with Crippen molar-refractivity contribution in [2.24, 2.45) is 0 Å². The average Bonchev–Trinajstić information content (AvgIpc) is 3.17. The van der Waals surface area contributed by atoms with Crippen molar-refractivity contribution in [2.75, 3.05) is 26.6 Å². The first-order chi connectivity index (χ1) is 18.0. The number of hydrogen-bond donors (Lipinski definition) is 1. The smallest absolute Gasteiger partial charge is 0.231 e. The molecule has 1 amide bonds. The van der Waals surface area contributed by atoms with Gasteiger partial charge in [-0.1, -0.05) is 0 Å². The van der Waals surface area contributed by atoms with Crippen LogP contribution in [0, 0.1) is 13.8 Å². The van der Waals surface area contributed by atoms with Crippen molar-refractivity contribution in [3.8, 4) is 28.7 Å². The van der Waals surface area contributed by atoms with E-state index < -0.39 is 0 Å². The third-order valence-corrected chi connectivity index (χ3v) is 6.13. The van der Waals surface area contributed by atoms with E-state index in [9.17, 15) is 4.79 Å². The van der Waals surface area contributed by atoms with E-state index in [0.29, 0.717) is 51.2 Å². The minimum atomic E-state index is -0.290. The Kier molecular flexibility index (Phi) is 7.43. The summed E-state index contributed by atoms with van der Waals surface area (Å²) in [7, 11) is 4.69. The van der Waals surface area contributed by atoms with Gasteiger partial charge in [0.1, 0.15) is 34.6 Å². The predicted octanol–water partition coefficient (Wildman–Crippen LogP) is 5.20. The van der Waals surface area contributed by atoms with Gasteiger partial charge in [-0.3, -0.25) is 14.8 Å². The molecule has 0 aliphatic carbocycles. The molecule has 10 nitrogen and oxygen atoms in total. The monoisotopic (exact) mass is 519 g/mol. The third-order valence-electron chi connectivity index (χ3n) is 6.13. The highest BCUT2D eigenvalue weighted by Crippen LogP contribution is 2.39. The molecule has 0 aliphatic heterocycles. The van der Waals surface area contributed by atoms with E-state index in [0.717, 1.165) is 11.3 Å². The minimum Gasteiger partial charge on any atom is -0.497 e. The quantitative estimate of drug-likeness (QED) is 0.338. The Balaban J connectivity index is 1.58. The van der Waals surface area contributed by atoms with Crippen molar-refractivity contribution in [1.29, 1.82) is 0 Å². The number of methoxy groups -OCH3 is 3. The fraction of sp³-hybridized carbons (Fsp3) is 0.357. The number of fused-ring (bicyclic) bond motifs is 1. The average molecular weight is 520 g/mol. The Morgan fingerprint density at radius 1 is 0.947 bits per heavy atom. The second-order valence-corrected chi connectivity index (χ2v) is 9.82. The molecule has 0 atom stereocenters. The summed E-state index contributed by atoms with van der Waals surface area (Å²) in [6.07, 6.45) is 3.22. The molecule has 200 valence electrons. The second kappa shape index (κ2) is 10.6. The van der Waals surface area contributed by atoms with Crippen LogP contribution in [0.25, 0.3) is 10.9 Å². The molecule has 1 aromatic carbocycles. The first-order valence-electron chi connectivity index (χ1n) is 12.1. The van der Waals surface area contributed by atoms with Gasteiger partial charge in [0.25, 0.3) is 0 Å². The number of anilines is 1. The van der Waals surface area contributed by atoms with Crippen LogP contribution >= 0.6 is 0 Å². The highest BCUT2D eigenvalue weighted by Gasteiger charge is 2.24. The highest BCUT2D eigenvalue weighted by atomic mass is 16.5. The fourth-order valence-electron chi connectivity index (χ4n) is 4.07. The summed E-state index contributed by atoms with van der Waals surface area (Å²) in [4.78, 5) is 21.9. The maximum Gasteiger partial charge on any atom is 0.231 e. The Bertz CT molecular complexity index is 1490. The highest BCUT2D eigenvalue weighted by molar-refractivity contribution is 5.93. The lowest BCUT2D eigenvalue weighted by molar-refractivity contribution is -0.115. The Morgan fingerprint density at radius 3 is 2.32 bits per heavy atom. The molecular weight excluding hydrogens is 486 g/mol. The van der Waals surface area contributed by atoms with Crippen molar-refractivity contribution >= 4 is 22.6 Å². The second-order valence-electron chi connectivity index (χ2n) is 9.82. The molecule has 3 aromatic heterocycles. The van der Waals surface area contributed by atoms with E-state index in [-0.39, 0.29) is 17.9 Å². The van der Waals surface area contributed by atoms with E-state index in [4.69, 9.17) is 18.9 Å². The zero-order valence-corrected chi connectivity index (χ0v) is 23.0. The molecule has 4 rings (SSSR count). The molecule has 0 saturated heterocycles. The van der Waals surface area contributed by atoms with Gasteiger partial charge in [-0.15, -0.1) is 0 Å². The van der Waals surface area contributed by atoms with Crippen LogP contribution in [-0.4, -0.2) is 47.0 Å². The summed E-state index contributed by atoms with van der Waals surface area (Å²) in [5.41, 5.74) is 2.64. The summed E-state index contributed by atoms with van der Waals surface area (Å²) in [5.74, 6) is 3.04. The predicted molar refractivity (Wildman–Crippen MR) is 145 cm³/mol. The van der Waals surface area contributed by atoms with Crippen LogP contribution in [0.2, 0.25) is 0 Å². The Labute approximate surface area is 221 Å². The summed E-state index contributed by atoms with van der Waals surface area (Å²) < 4.78 is 24.4. The lowest BCUT2D eigenvalue weighted by atomic mass is 10.1. The van der Waals surface area contributed by atoms with E-state index >= 15 is 0 Å². The topological polar surface area (TPSA) is 110 Å². The molecule has 0 radical (unpaired) electrons. The number of pyridine rings is 2. The van der Waals surface area contributed by atoms with E-state index in [2.05, 4.69) is 20.4 Å². The van der Waals surface area contributed by atoms with Crippen molar-refractivity contribution in [3.63, 3.8) is 0 Å². The number of amides is 1. The van der Waals surface area contributed by atoms with Gasteiger partial charge in [0.05, 0.1) is 61.8 Å². The maximum atomic E-state index is 13.0. The molecule has 38 heavy (non-hydrogen) atoms. The van der Waals surface area contributed by atoms with Gasteiger partial charge in [-0.2, -0.15) is 5.10 Å². The molecule has 0 aliphatic rings. The molecule has 0 fully saturated rings. The largest absolute Gasteiger partial charge is 0.497 e. The number of aromatic nitrogens is 4. The molecule has 3 heterocycles. The Hall–Kier alpha value is -4.34. The van der Waals surface area contributed by atoms with Gasteiger partial charge < -0.3 is 24.3 Å². The van der Waals surface area contributed by atoms with E-state index in [1.165, 1.54) is 7.11 Å². The van der Waals surface area contributed by atoms with Gasteiger partial charge >= 0.3 is 0 Å². The fourth-order valence-corrected chi connectivity index (χ4v) is 4.07. The lowest BCUT2D eigenvalue weighted by Gasteiger charge is -2.23. The summed E-state index contributed by atoms with van der Waals surface area (Å²) in [6, 6.07) is 7.02. The number of carbonyl (C=O) groups excluding carboxylic acids is 1. The van der Waals surface area contributed by atoms with Crippen molar-refractivity contribution in [1.82, 2.24) is 19.7 Å². The molecule has 0 spiro atoms. The van der Waals surface area contributed by atoms with Crippen LogP contribution < -0.4 is 24.3 Å². The zero-order valence-electron chi connectivity index (χ0n) is 23.0. The third kappa shape index (κ3) is 5.34. The molecule has 4 aromatic rings. The number of carbonyl (C=O) groups is 1. The number of ether oxygens (including phenoxy) is 4. The lowest BCUT2D eigenvalue weighted by Crippen LogP contribution is -2.27. The van der Waals surface area contributed by atoms with Gasteiger partial charge in [-0.05, 0) is 40.7 Å². The van der Waals surface area contributed by atoms with Gasteiger partial charge in [0.2, 0.25) is 5.91 Å². The first-order valence-corrected chi connectivity index (χ1v) is 12.1. The van der Waals surface area contributed by atoms with Crippen molar-refractivity contribution in [3.05, 3.63) is 53.6 Å². The maximum absolute atomic E-state index is 13.0. The zero-order chi connectivity index (χ0) is 27.6. The minimum absolute atomic E-state index is 0.0169. The number of rotatable bonds is 8. The summed E-state index contributed by atoms with van der Waals surface area (Å²) in [5, 5.41) is 8.30. The Morgan fingerprint density at radius 2 is 1.66 bits per heavy atom.